The molecule has 0 aliphatic heterocycles. The average molecular weight is 480 g/mol. The highest BCUT2D eigenvalue weighted by Gasteiger charge is 2.22. The number of thioether (sulfide) groups is 1. The molecular formula is C26H25NO6S. The van der Waals surface area contributed by atoms with Crippen LogP contribution in [0, 0.1) is 0 Å². The predicted octanol–water partition coefficient (Wildman–Crippen LogP) is 5.46. The van der Waals surface area contributed by atoms with Crippen LogP contribution in [0.4, 0.5) is 10.5 Å². The highest BCUT2D eigenvalue weighted by atomic mass is 32.2. The van der Waals surface area contributed by atoms with E-state index in [1.807, 2.05) is 48.7 Å². The van der Waals surface area contributed by atoms with Crippen molar-refractivity contribution in [1.29, 1.82) is 0 Å². The number of hydrogen-bond acceptors (Lipinski definition) is 7. The van der Waals surface area contributed by atoms with E-state index in [4.69, 9.17) is 14.2 Å². The molecule has 176 valence electrons. The van der Waals surface area contributed by atoms with Gasteiger partial charge < -0.3 is 14.2 Å². The van der Waals surface area contributed by atoms with Crippen LogP contribution in [0.5, 0.6) is 0 Å². The molecule has 1 unspecified atom stereocenters. The molecule has 7 nitrogen and oxygen atoms in total. The molecule has 0 fully saturated rings. The van der Waals surface area contributed by atoms with Crippen molar-refractivity contribution in [3.8, 4) is 0 Å². The van der Waals surface area contributed by atoms with E-state index in [2.05, 4.69) is 11.9 Å². The van der Waals surface area contributed by atoms with Crippen LogP contribution in [0.1, 0.15) is 17.3 Å². The third-order valence-electron chi connectivity index (χ3n) is 4.75. The molecule has 0 heterocycles. The van der Waals surface area contributed by atoms with E-state index in [0.29, 0.717) is 11.3 Å². The minimum atomic E-state index is -1.02. The van der Waals surface area contributed by atoms with Crippen molar-refractivity contribution < 1.29 is 28.6 Å². The van der Waals surface area contributed by atoms with E-state index in [-0.39, 0.29) is 18.8 Å². The van der Waals surface area contributed by atoms with Crippen molar-refractivity contribution in [2.45, 2.75) is 17.9 Å². The molecular weight excluding hydrogens is 454 g/mol. The quantitative estimate of drug-likeness (QED) is 0.189. The normalized spacial score (nSPS) is 11.4. The van der Waals surface area contributed by atoms with Crippen molar-refractivity contribution in [1.82, 2.24) is 0 Å². The Morgan fingerprint density at radius 2 is 1.68 bits per heavy atom. The number of fused-ring (bicyclic) bond motifs is 1. The Kier molecular flexibility index (Phi) is 8.70. The Balaban J connectivity index is 1.68. The fourth-order valence-corrected chi connectivity index (χ4v) is 3.51. The molecule has 8 heteroatoms. The second-order valence-electron chi connectivity index (χ2n) is 7.39. The number of amides is 1. The van der Waals surface area contributed by atoms with Crippen LogP contribution in [-0.2, 0) is 19.0 Å². The lowest BCUT2D eigenvalue weighted by Gasteiger charge is -2.19. The largest absolute Gasteiger partial charge is 0.458 e. The van der Waals surface area contributed by atoms with Crippen molar-refractivity contribution in [2.75, 3.05) is 24.8 Å². The summed E-state index contributed by atoms with van der Waals surface area (Å²) in [7, 11) is 0. The van der Waals surface area contributed by atoms with Gasteiger partial charge in [0.15, 0.2) is 6.10 Å². The zero-order valence-corrected chi connectivity index (χ0v) is 19.7. The second kappa shape index (κ2) is 11.9. The molecule has 0 bridgehead atoms. The number of esters is 2. The van der Waals surface area contributed by atoms with Gasteiger partial charge in [-0.15, -0.1) is 11.8 Å². The van der Waals surface area contributed by atoms with Gasteiger partial charge in [0, 0.05) is 16.2 Å². The van der Waals surface area contributed by atoms with Gasteiger partial charge in [-0.3, -0.25) is 5.32 Å². The summed E-state index contributed by atoms with van der Waals surface area (Å²) in [5.41, 5.74) is 1.12. The molecule has 0 aliphatic carbocycles. The van der Waals surface area contributed by atoms with Crippen LogP contribution in [-0.4, -0.2) is 43.6 Å². The molecule has 0 aromatic heterocycles. The fourth-order valence-electron chi connectivity index (χ4n) is 3.05. The number of anilines is 1. The molecule has 1 atom stereocenters. The third kappa shape index (κ3) is 6.86. The molecule has 3 aromatic rings. The highest BCUT2D eigenvalue weighted by molar-refractivity contribution is 7.98. The van der Waals surface area contributed by atoms with E-state index in [9.17, 15) is 14.4 Å². The van der Waals surface area contributed by atoms with E-state index >= 15 is 0 Å². The van der Waals surface area contributed by atoms with Crippen LogP contribution in [0.3, 0.4) is 0 Å². The minimum absolute atomic E-state index is 0.200. The molecule has 3 aromatic carbocycles. The third-order valence-corrected chi connectivity index (χ3v) is 5.47. The number of rotatable bonds is 9. The van der Waals surface area contributed by atoms with Gasteiger partial charge in [-0.2, -0.15) is 0 Å². The van der Waals surface area contributed by atoms with Gasteiger partial charge in [-0.25, -0.2) is 14.4 Å². The summed E-state index contributed by atoms with van der Waals surface area (Å²) in [6.07, 6.45) is 0.187. The minimum Gasteiger partial charge on any atom is -0.458 e. The maximum Gasteiger partial charge on any atom is 0.411 e. The van der Waals surface area contributed by atoms with E-state index < -0.39 is 24.1 Å². The van der Waals surface area contributed by atoms with Gasteiger partial charge >= 0.3 is 18.0 Å². The van der Waals surface area contributed by atoms with Crippen LogP contribution >= 0.6 is 11.8 Å². The van der Waals surface area contributed by atoms with E-state index in [1.165, 1.54) is 6.92 Å². The number of benzene rings is 3. The van der Waals surface area contributed by atoms with Gasteiger partial charge in [0.25, 0.3) is 0 Å². The van der Waals surface area contributed by atoms with Gasteiger partial charge in [0.05, 0.1) is 5.56 Å². The van der Waals surface area contributed by atoms with Gasteiger partial charge in [-0.05, 0) is 48.2 Å². The second-order valence-corrected chi connectivity index (χ2v) is 8.27. The Hall–Kier alpha value is -3.78. The molecule has 0 aliphatic rings. The maximum atomic E-state index is 12.9. The summed E-state index contributed by atoms with van der Waals surface area (Å²) in [5, 5.41) is 4.23. The first kappa shape index (κ1) is 24.9. The van der Waals surface area contributed by atoms with Gasteiger partial charge in [0.2, 0.25) is 0 Å². The van der Waals surface area contributed by atoms with Crippen LogP contribution in [0.25, 0.3) is 10.8 Å². The van der Waals surface area contributed by atoms with Crippen LogP contribution in [0.15, 0.2) is 83.8 Å². The first-order chi connectivity index (χ1) is 16.4. The van der Waals surface area contributed by atoms with Gasteiger partial charge in [0.1, 0.15) is 13.2 Å². The van der Waals surface area contributed by atoms with Crippen molar-refractivity contribution in [3.05, 3.63) is 84.4 Å². The lowest BCUT2D eigenvalue weighted by molar-refractivity contribution is -0.142. The topological polar surface area (TPSA) is 90.9 Å². The Morgan fingerprint density at radius 1 is 0.971 bits per heavy atom. The molecule has 1 amide bonds. The SMILES string of the molecule is C=C(C)C(=O)OCC(COC(=O)Nc1cccc(SC)c1)OC(=O)c1cccc2ccccc12. The zero-order valence-electron chi connectivity index (χ0n) is 18.9. The van der Waals surface area contributed by atoms with Crippen LogP contribution in [0.2, 0.25) is 0 Å². The number of nitrogens with one attached hydrogen (secondary N) is 1. The van der Waals surface area contributed by atoms with Crippen molar-refractivity contribution in [2.24, 2.45) is 0 Å². The smallest absolute Gasteiger partial charge is 0.411 e. The number of ether oxygens (including phenoxy) is 3. The molecule has 0 radical (unpaired) electrons. The molecule has 1 N–H and O–H groups in total. The predicted molar refractivity (Wildman–Crippen MR) is 132 cm³/mol. The summed E-state index contributed by atoms with van der Waals surface area (Å²) in [6.45, 7) is 4.43. The summed E-state index contributed by atoms with van der Waals surface area (Å²) in [4.78, 5) is 38.0. The van der Waals surface area contributed by atoms with Crippen molar-refractivity contribution in [3.63, 3.8) is 0 Å². The highest BCUT2D eigenvalue weighted by Crippen LogP contribution is 2.21. The number of carbonyl (C=O) groups is 3. The number of carbonyl (C=O) groups excluding carboxylic acids is 3. The molecule has 3 rings (SSSR count). The Bertz CT molecular complexity index is 1200. The monoisotopic (exact) mass is 479 g/mol. The summed E-state index contributed by atoms with van der Waals surface area (Å²) < 4.78 is 15.9. The molecule has 0 saturated carbocycles. The standard InChI is InChI=1S/C26H25NO6S/c1-17(2)24(28)31-15-20(16-32-26(30)27-19-10-7-11-21(14-19)34-3)33-25(29)23-13-6-9-18-8-4-5-12-22(18)23/h4-14,20H,1,15-16H2,2-3H3,(H,27,30). The summed E-state index contributed by atoms with van der Waals surface area (Å²) >= 11 is 1.54. The Morgan fingerprint density at radius 3 is 2.44 bits per heavy atom. The summed E-state index contributed by atoms with van der Waals surface area (Å²) in [6, 6.07) is 19.9. The van der Waals surface area contributed by atoms with E-state index in [0.717, 1.165) is 15.7 Å². The van der Waals surface area contributed by atoms with E-state index in [1.54, 1.807) is 36.0 Å². The van der Waals surface area contributed by atoms with Crippen LogP contribution < -0.4 is 5.32 Å². The molecule has 34 heavy (non-hydrogen) atoms. The van der Waals surface area contributed by atoms with Gasteiger partial charge in [-0.1, -0.05) is 49.0 Å². The first-order valence-corrected chi connectivity index (χ1v) is 11.7. The molecule has 0 spiro atoms. The Labute approximate surface area is 202 Å². The fraction of sp³-hybridized carbons (Fsp3) is 0.192. The lowest BCUT2D eigenvalue weighted by Crippen LogP contribution is -2.32. The maximum absolute atomic E-state index is 12.9. The average Bonchev–Trinajstić information content (AvgIpc) is 2.84. The number of hydrogen-bond donors (Lipinski definition) is 1. The summed E-state index contributed by atoms with van der Waals surface area (Å²) in [5.74, 6) is -1.26. The van der Waals surface area contributed by atoms with Crippen molar-refractivity contribution >= 4 is 46.3 Å². The molecule has 0 saturated heterocycles. The lowest BCUT2D eigenvalue weighted by atomic mass is 10.0. The first-order valence-electron chi connectivity index (χ1n) is 10.5. The zero-order chi connectivity index (χ0) is 24.5.